The molecule has 0 bridgehead atoms. The molecule has 0 spiro atoms. The summed E-state index contributed by atoms with van der Waals surface area (Å²) in [5.74, 6) is 0. The van der Waals surface area contributed by atoms with E-state index in [1.807, 2.05) is 0 Å². The van der Waals surface area contributed by atoms with Crippen molar-refractivity contribution in [2.75, 3.05) is 12.4 Å². The summed E-state index contributed by atoms with van der Waals surface area (Å²) in [7, 11) is 1.70. The average Bonchev–Trinajstić information content (AvgIpc) is 2.27. The van der Waals surface area contributed by atoms with Crippen molar-refractivity contribution in [3.05, 3.63) is 35.7 Å². The van der Waals surface area contributed by atoms with Gasteiger partial charge in [-0.2, -0.15) is 5.23 Å². The lowest BCUT2D eigenvalue weighted by molar-refractivity contribution is -0.990. The fraction of sp³-hybridized carbons (Fsp3) is 0.100. The van der Waals surface area contributed by atoms with Crippen LogP contribution in [0.25, 0.3) is 10.9 Å². The molecule has 5 heteroatoms. The Morgan fingerprint density at radius 2 is 2.20 bits per heavy atom. The third kappa shape index (κ3) is 1.63. The standard InChI is InChI=1S/C10H11N3O2/c1-11-9-5-4-8-7(3-2-6-12-8)10(9)13(14)15/h2-6,11,13-14H,1H3. The largest absolute Gasteiger partial charge is 0.595 e. The van der Waals surface area contributed by atoms with Gasteiger partial charge >= 0.3 is 0 Å². The van der Waals surface area contributed by atoms with Gasteiger partial charge in [0.2, 0.25) is 0 Å². The van der Waals surface area contributed by atoms with Crippen LogP contribution in [0.2, 0.25) is 0 Å². The van der Waals surface area contributed by atoms with Crippen molar-refractivity contribution in [1.82, 2.24) is 4.98 Å². The van der Waals surface area contributed by atoms with Gasteiger partial charge in [0.05, 0.1) is 10.9 Å². The summed E-state index contributed by atoms with van der Waals surface area (Å²) >= 11 is 0. The van der Waals surface area contributed by atoms with Gasteiger partial charge in [-0.1, -0.05) is 0 Å². The summed E-state index contributed by atoms with van der Waals surface area (Å²) in [6.45, 7) is 0. The fourth-order valence-corrected chi connectivity index (χ4v) is 1.59. The molecule has 1 heterocycles. The van der Waals surface area contributed by atoms with E-state index in [2.05, 4.69) is 10.3 Å². The molecule has 0 amide bonds. The van der Waals surface area contributed by atoms with Gasteiger partial charge in [0.1, 0.15) is 5.69 Å². The first-order valence-corrected chi connectivity index (χ1v) is 4.53. The second kappa shape index (κ2) is 3.82. The van der Waals surface area contributed by atoms with E-state index in [9.17, 15) is 5.21 Å². The number of benzene rings is 1. The summed E-state index contributed by atoms with van der Waals surface area (Å²) in [4.78, 5) is 4.11. The van der Waals surface area contributed by atoms with Crippen molar-refractivity contribution in [1.29, 1.82) is 0 Å². The highest BCUT2D eigenvalue weighted by molar-refractivity contribution is 5.93. The molecule has 0 saturated heterocycles. The summed E-state index contributed by atoms with van der Waals surface area (Å²) in [6.07, 6.45) is 1.65. The molecule has 3 N–H and O–H groups in total. The van der Waals surface area contributed by atoms with Crippen molar-refractivity contribution >= 4 is 22.3 Å². The summed E-state index contributed by atoms with van der Waals surface area (Å²) in [5, 5.41) is 22.8. The number of aromatic nitrogens is 1. The number of fused-ring (bicyclic) bond motifs is 1. The van der Waals surface area contributed by atoms with Crippen molar-refractivity contribution in [2.24, 2.45) is 0 Å². The Labute approximate surface area is 86.5 Å². The number of nitrogens with one attached hydrogen (secondary N) is 2. The second-order valence-electron chi connectivity index (χ2n) is 3.11. The quantitative estimate of drug-likeness (QED) is 0.630. The van der Waals surface area contributed by atoms with Crippen LogP contribution >= 0.6 is 0 Å². The minimum Gasteiger partial charge on any atom is -0.595 e. The monoisotopic (exact) mass is 205 g/mol. The van der Waals surface area contributed by atoms with Crippen molar-refractivity contribution in [3.63, 3.8) is 0 Å². The molecule has 0 aliphatic rings. The van der Waals surface area contributed by atoms with Crippen LogP contribution in [0.15, 0.2) is 30.5 Å². The zero-order chi connectivity index (χ0) is 10.8. The van der Waals surface area contributed by atoms with Crippen LogP contribution in [0.5, 0.6) is 0 Å². The molecule has 0 saturated carbocycles. The smallest absolute Gasteiger partial charge is 0.196 e. The minimum atomic E-state index is -0.946. The molecule has 2 rings (SSSR count). The van der Waals surface area contributed by atoms with E-state index in [4.69, 9.17) is 5.21 Å². The molecular formula is C10H11N3O2. The Hall–Kier alpha value is -1.69. The molecule has 5 nitrogen and oxygen atoms in total. The zero-order valence-electron chi connectivity index (χ0n) is 8.19. The topological polar surface area (TPSA) is 72.7 Å². The van der Waals surface area contributed by atoms with Gasteiger partial charge in [-0.25, -0.2) is 5.21 Å². The maximum absolute atomic E-state index is 11.1. The van der Waals surface area contributed by atoms with Crippen LogP contribution in [0.3, 0.4) is 0 Å². The number of quaternary nitrogens is 1. The predicted molar refractivity (Wildman–Crippen MR) is 57.1 cm³/mol. The molecule has 0 aliphatic carbocycles. The van der Waals surface area contributed by atoms with Crippen LogP contribution < -0.4 is 10.5 Å². The number of hydrogen-bond acceptors (Lipinski definition) is 4. The molecule has 1 unspecified atom stereocenters. The van der Waals surface area contributed by atoms with E-state index in [0.29, 0.717) is 16.6 Å². The Bertz CT molecular complexity index is 485. The third-order valence-corrected chi connectivity index (χ3v) is 2.27. The average molecular weight is 205 g/mol. The molecular weight excluding hydrogens is 194 g/mol. The molecule has 1 atom stereocenters. The Morgan fingerprint density at radius 1 is 1.40 bits per heavy atom. The number of anilines is 1. The van der Waals surface area contributed by atoms with Gasteiger partial charge in [0.15, 0.2) is 5.69 Å². The fourth-order valence-electron chi connectivity index (χ4n) is 1.59. The van der Waals surface area contributed by atoms with Crippen molar-refractivity contribution < 1.29 is 10.4 Å². The maximum atomic E-state index is 11.1. The highest BCUT2D eigenvalue weighted by Gasteiger charge is 2.12. The predicted octanol–water partition coefficient (Wildman–Crippen LogP) is 0.680. The molecule has 1 aromatic heterocycles. The Kier molecular flexibility index (Phi) is 2.51. The first kappa shape index (κ1) is 9.85. The van der Waals surface area contributed by atoms with Crippen LogP contribution in [0.4, 0.5) is 11.4 Å². The van der Waals surface area contributed by atoms with Crippen molar-refractivity contribution in [2.45, 2.75) is 0 Å². The van der Waals surface area contributed by atoms with Crippen LogP contribution in [-0.4, -0.2) is 17.2 Å². The third-order valence-electron chi connectivity index (χ3n) is 2.27. The van der Waals surface area contributed by atoms with E-state index in [-0.39, 0.29) is 5.69 Å². The molecule has 0 aliphatic heterocycles. The van der Waals surface area contributed by atoms with E-state index in [1.54, 1.807) is 37.5 Å². The summed E-state index contributed by atoms with van der Waals surface area (Å²) in [5.41, 5.74) is 1.56. The van der Waals surface area contributed by atoms with Gasteiger partial charge in [-0.15, -0.1) is 0 Å². The van der Waals surface area contributed by atoms with Gasteiger partial charge < -0.3 is 10.5 Å². The maximum Gasteiger partial charge on any atom is 0.196 e. The van der Waals surface area contributed by atoms with E-state index >= 15 is 0 Å². The number of nitrogens with zero attached hydrogens (tertiary/aromatic N) is 1. The zero-order valence-corrected chi connectivity index (χ0v) is 8.19. The first-order chi connectivity index (χ1) is 7.24. The normalized spacial score (nSPS) is 12.7. The minimum absolute atomic E-state index is 0.267. The SMILES string of the molecule is CNc1ccc2ncccc2c1[NH+]([O-])O. The van der Waals surface area contributed by atoms with Crippen LogP contribution in [0.1, 0.15) is 0 Å². The molecule has 2 aromatic rings. The van der Waals surface area contributed by atoms with Gasteiger partial charge in [-0.05, 0) is 24.3 Å². The lowest BCUT2D eigenvalue weighted by Crippen LogP contribution is -2.99. The van der Waals surface area contributed by atoms with E-state index in [0.717, 1.165) is 0 Å². The molecule has 1 aromatic carbocycles. The van der Waals surface area contributed by atoms with Crippen molar-refractivity contribution in [3.8, 4) is 0 Å². The van der Waals surface area contributed by atoms with Gasteiger partial charge in [-0.3, -0.25) is 4.98 Å². The van der Waals surface area contributed by atoms with Crippen LogP contribution in [0, 0.1) is 5.21 Å². The van der Waals surface area contributed by atoms with E-state index in [1.165, 1.54) is 0 Å². The highest BCUT2D eigenvalue weighted by Crippen LogP contribution is 2.26. The second-order valence-corrected chi connectivity index (χ2v) is 3.11. The number of hydrogen-bond donors (Lipinski definition) is 3. The molecule has 15 heavy (non-hydrogen) atoms. The summed E-state index contributed by atoms with van der Waals surface area (Å²) < 4.78 is 0. The van der Waals surface area contributed by atoms with Gasteiger partial charge in [0.25, 0.3) is 0 Å². The molecule has 0 radical (unpaired) electrons. The molecule has 78 valence electrons. The Balaban J connectivity index is 2.79. The highest BCUT2D eigenvalue weighted by atomic mass is 16.8. The molecule has 0 fully saturated rings. The first-order valence-electron chi connectivity index (χ1n) is 4.53. The summed E-state index contributed by atoms with van der Waals surface area (Å²) in [6, 6.07) is 7.01. The Morgan fingerprint density at radius 3 is 2.87 bits per heavy atom. The van der Waals surface area contributed by atoms with E-state index < -0.39 is 5.23 Å². The number of pyridine rings is 1. The van der Waals surface area contributed by atoms with Gasteiger partial charge in [0, 0.05) is 13.2 Å². The van der Waals surface area contributed by atoms with Crippen LogP contribution in [-0.2, 0) is 0 Å². The lowest BCUT2D eigenvalue weighted by atomic mass is 10.1. The lowest BCUT2D eigenvalue weighted by Gasteiger charge is -2.17. The number of rotatable bonds is 2.